The van der Waals surface area contributed by atoms with Gasteiger partial charge in [-0.2, -0.15) is 0 Å². The molecule has 0 aliphatic heterocycles. The second kappa shape index (κ2) is 9.65. The monoisotopic (exact) mass is 409 g/mol. The van der Waals surface area contributed by atoms with Crippen molar-refractivity contribution in [3.63, 3.8) is 0 Å². The standard InChI is InChI=1S/C23H23NO6/c1-4-28-23(26)21(20-14-19(15(2)29-20)22(25)27-3)24-16-10-12-18(13-11-16)30-17-8-6-5-7-9-17/h5-14,21,24H,4H2,1-3H3. The van der Waals surface area contributed by atoms with Crippen molar-refractivity contribution < 1.29 is 28.2 Å². The summed E-state index contributed by atoms with van der Waals surface area (Å²) in [5.74, 6) is 0.945. The van der Waals surface area contributed by atoms with Crippen LogP contribution in [0, 0.1) is 6.92 Å². The van der Waals surface area contributed by atoms with Crippen LogP contribution in [0.25, 0.3) is 0 Å². The van der Waals surface area contributed by atoms with Gasteiger partial charge in [0.2, 0.25) is 0 Å². The van der Waals surface area contributed by atoms with Gasteiger partial charge in [0.1, 0.15) is 28.6 Å². The van der Waals surface area contributed by atoms with Gasteiger partial charge in [-0.1, -0.05) is 18.2 Å². The van der Waals surface area contributed by atoms with E-state index >= 15 is 0 Å². The van der Waals surface area contributed by atoms with Gasteiger partial charge < -0.3 is 23.9 Å². The molecule has 1 N–H and O–H groups in total. The third-order valence-electron chi connectivity index (χ3n) is 4.29. The summed E-state index contributed by atoms with van der Waals surface area (Å²) >= 11 is 0. The molecule has 0 spiro atoms. The Morgan fingerprint density at radius 2 is 1.70 bits per heavy atom. The first-order valence-corrected chi connectivity index (χ1v) is 9.46. The third kappa shape index (κ3) is 5.00. The Balaban J connectivity index is 1.80. The topological polar surface area (TPSA) is 87.0 Å². The Kier molecular flexibility index (Phi) is 6.75. The van der Waals surface area contributed by atoms with Gasteiger partial charge >= 0.3 is 11.9 Å². The van der Waals surface area contributed by atoms with E-state index in [4.69, 9.17) is 18.6 Å². The van der Waals surface area contributed by atoms with Crippen molar-refractivity contribution in [1.29, 1.82) is 0 Å². The summed E-state index contributed by atoms with van der Waals surface area (Å²) in [6.45, 7) is 3.57. The van der Waals surface area contributed by atoms with Gasteiger partial charge in [0.25, 0.3) is 0 Å². The highest BCUT2D eigenvalue weighted by molar-refractivity contribution is 5.91. The van der Waals surface area contributed by atoms with Crippen molar-refractivity contribution in [2.24, 2.45) is 0 Å². The molecule has 0 amide bonds. The number of hydrogen-bond acceptors (Lipinski definition) is 7. The van der Waals surface area contributed by atoms with E-state index in [2.05, 4.69) is 5.32 Å². The minimum atomic E-state index is -0.928. The second-order valence-corrected chi connectivity index (χ2v) is 6.38. The molecule has 2 aromatic carbocycles. The first-order chi connectivity index (χ1) is 14.5. The average molecular weight is 409 g/mol. The molecule has 30 heavy (non-hydrogen) atoms. The molecule has 0 aliphatic rings. The van der Waals surface area contributed by atoms with Crippen LogP contribution in [0.3, 0.4) is 0 Å². The molecule has 1 unspecified atom stereocenters. The van der Waals surface area contributed by atoms with Crippen LogP contribution in [0.1, 0.15) is 34.8 Å². The summed E-state index contributed by atoms with van der Waals surface area (Å²) in [4.78, 5) is 24.4. The molecule has 3 aromatic rings. The maximum Gasteiger partial charge on any atom is 0.341 e. The van der Waals surface area contributed by atoms with E-state index in [9.17, 15) is 9.59 Å². The summed E-state index contributed by atoms with van der Waals surface area (Å²) in [5, 5.41) is 3.09. The molecule has 7 nitrogen and oxygen atoms in total. The molecular weight excluding hydrogens is 386 g/mol. The van der Waals surface area contributed by atoms with Gasteiger partial charge in [-0.3, -0.25) is 0 Å². The normalized spacial score (nSPS) is 11.4. The average Bonchev–Trinajstić information content (AvgIpc) is 3.14. The quantitative estimate of drug-likeness (QED) is 0.530. The van der Waals surface area contributed by atoms with E-state index in [1.807, 2.05) is 30.3 Å². The largest absolute Gasteiger partial charge is 0.465 e. The van der Waals surface area contributed by atoms with Crippen molar-refractivity contribution in [1.82, 2.24) is 0 Å². The van der Waals surface area contributed by atoms with Crippen molar-refractivity contribution >= 4 is 17.6 Å². The van der Waals surface area contributed by atoms with Crippen LogP contribution < -0.4 is 10.1 Å². The number of benzene rings is 2. The van der Waals surface area contributed by atoms with E-state index in [-0.39, 0.29) is 17.9 Å². The van der Waals surface area contributed by atoms with Gasteiger partial charge in [-0.25, -0.2) is 9.59 Å². The lowest BCUT2D eigenvalue weighted by atomic mass is 10.1. The van der Waals surface area contributed by atoms with Crippen LogP contribution in [0.2, 0.25) is 0 Å². The van der Waals surface area contributed by atoms with Crippen molar-refractivity contribution in [2.45, 2.75) is 19.9 Å². The van der Waals surface area contributed by atoms with Gasteiger partial charge in [0, 0.05) is 5.69 Å². The predicted molar refractivity (Wildman–Crippen MR) is 111 cm³/mol. The molecule has 1 aromatic heterocycles. The number of methoxy groups -OCH3 is 1. The van der Waals surface area contributed by atoms with Crippen LogP contribution in [0.15, 0.2) is 65.1 Å². The minimum Gasteiger partial charge on any atom is -0.465 e. The van der Waals surface area contributed by atoms with Crippen molar-refractivity contribution in [3.8, 4) is 11.5 Å². The molecule has 7 heteroatoms. The molecule has 0 saturated heterocycles. The molecule has 0 saturated carbocycles. The van der Waals surface area contributed by atoms with E-state index in [1.54, 1.807) is 38.1 Å². The number of furan rings is 1. The highest BCUT2D eigenvalue weighted by Crippen LogP contribution is 2.28. The lowest BCUT2D eigenvalue weighted by Crippen LogP contribution is -2.23. The molecule has 0 bridgehead atoms. The number of nitrogens with one attached hydrogen (secondary N) is 1. The number of hydrogen-bond donors (Lipinski definition) is 1. The fourth-order valence-electron chi connectivity index (χ4n) is 2.84. The van der Waals surface area contributed by atoms with Gasteiger partial charge in [-0.05, 0) is 56.3 Å². The summed E-state index contributed by atoms with van der Waals surface area (Å²) < 4.78 is 21.3. The van der Waals surface area contributed by atoms with E-state index in [0.29, 0.717) is 17.2 Å². The lowest BCUT2D eigenvalue weighted by Gasteiger charge is -2.17. The zero-order valence-corrected chi connectivity index (χ0v) is 17.0. The van der Waals surface area contributed by atoms with Crippen LogP contribution in [0.5, 0.6) is 11.5 Å². The van der Waals surface area contributed by atoms with E-state index in [1.165, 1.54) is 13.2 Å². The molecule has 1 heterocycles. The number of esters is 2. The van der Waals surface area contributed by atoms with Crippen LogP contribution in [-0.4, -0.2) is 25.7 Å². The summed E-state index contributed by atoms with van der Waals surface area (Å²) in [7, 11) is 1.29. The molecule has 0 aliphatic carbocycles. The number of carbonyl (C=O) groups is 2. The maximum absolute atomic E-state index is 12.5. The summed E-state index contributed by atoms with van der Waals surface area (Å²) in [5.41, 5.74) is 0.914. The van der Waals surface area contributed by atoms with E-state index in [0.717, 1.165) is 5.75 Å². The number of carbonyl (C=O) groups excluding carboxylic acids is 2. The summed E-state index contributed by atoms with van der Waals surface area (Å²) in [6.07, 6.45) is 0. The Morgan fingerprint density at radius 3 is 2.33 bits per heavy atom. The number of ether oxygens (including phenoxy) is 3. The SMILES string of the molecule is CCOC(=O)C(Nc1ccc(Oc2ccccc2)cc1)c1cc(C(=O)OC)c(C)o1. The molecule has 156 valence electrons. The first-order valence-electron chi connectivity index (χ1n) is 9.46. The predicted octanol–water partition coefficient (Wildman–Crippen LogP) is 4.88. The minimum absolute atomic E-state index is 0.213. The molecule has 0 radical (unpaired) electrons. The highest BCUT2D eigenvalue weighted by atomic mass is 16.5. The third-order valence-corrected chi connectivity index (χ3v) is 4.29. The molecular formula is C23H23NO6. The number of para-hydroxylation sites is 1. The molecule has 0 fully saturated rings. The second-order valence-electron chi connectivity index (χ2n) is 6.38. The summed E-state index contributed by atoms with van der Waals surface area (Å²) in [6, 6.07) is 17.1. The van der Waals surface area contributed by atoms with E-state index < -0.39 is 18.0 Å². The maximum atomic E-state index is 12.5. The number of anilines is 1. The van der Waals surface area contributed by atoms with Crippen molar-refractivity contribution in [3.05, 3.63) is 77.7 Å². The number of aryl methyl sites for hydroxylation is 1. The van der Waals surface area contributed by atoms with Crippen LogP contribution in [-0.2, 0) is 14.3 Å². The Bertz CT molecular complexity index is 994. The fraction of sp³-hybridized carbons (Fsp3) is 0.217. The van der Waals surface area contributed by atoms with Crippen LogP contribution >= 0.6 is 0 Å². The zero-order chi connectivity index (χ0) is 21.5. The lowest BCUT2D eigenvalue weighted by molar-refractivity contribution is -0.144. The fourth-order valence-corrected chi connectivity index (χ4v) is 2.84. The Morgan fingerprint density at radius 1 is 1.03 bits per heavy atom. The number of rotatable bonds is 8. The zero-order valence-electron chi connectivity index (χ0n) is 17.0. The van der Waals surface area contributed by atoms with Gasteiger partial charge in [-0.15, -0.1) is 0 Å². The Labute approximate surface area is 174 Å². The Hall–Kier alpha value is -3.74. The molecule has 3 rings (SSSR count). The van der Waals surface area contributed by atoms with Gasteiger partial charge in [0.15, 0.2) is 6.04 Å². The van der Waals surface area contributed by atoms with Gasteiger partial charge in [0.05, 0.1) is 13.7 Å². The highest BCUT2D eigenvalue weighted by Gasteiger charge is 2.28. The van der Waals surface area contributed by atoms with Crippen LogP contribution in [0.4, 0.5) is 5.69 Å². The molecule has 1 atom stereocenters. The van der Waals surface area contributed by atoms with Crippen molar-refractivity contribution in [2.75, 3.05) is 19.0 Å². The smallest absolute Gasteiger partial charge is 0.341 e. The first kappa shape index (κ1) is 21.0.